The van der Waals surface area contributed by atoms with Gasteiger partial charge in [-0.25, -0.2) is 8.42 Å². The molecule has 0 aliphatic carbocycles. The smallest absolute Gasteiger partial charge is 0.271 e. The highest BCUT2D eigenvalue weighted by Gasteiger charge is 2.22. The minimum absolute atomic E-state index is 0.309. The van der Waals surface area contributed by atoms with Crippen LogP contribution in [0.25, 0.3) is 10.1 Å². The highest BCUT2D eigenvalue weighted by Crippen LogP contribution is 2.36. The second kappa shape index (κ2) is 5.57. The van der Waals surface area contributed by atoms with E-state index >= 15 is 0 Å². The van der Waals surface area contributed by atoms with E-state index in [9.17, 15) is 8.42 Å². The van der Waals surface area contributed by atoms with Gasteiger partial charge in [0.05, 0.1) is 11.4 Å². The summed E-state index contributed by atoms with van der Waals surface area (Å²) in [6, 6.07) is 12.5. The highest BCUT2D eigenvalue weighted by molar-refractivity contribution is 9.10. The number of hydrogen-bond donors (Lipinski definition) is 2. The molecule has 3 rings (SSSR count). The van der Waals surface area contributed by atoms with Crippen molar-refractivity contribution in [2.75, 3.05) is 10.5 Å². The van der Waals surface area contributed by atoms with Crippen molar-refractivity contribution in [3.05, 3.63) is 52.5 Å². The molecule has 3 N–H and O–H groups in total. The molecule has 0 fully saturated rings. The zero-order valence-corrected chi connectivity index (χ0v) is 14.8. The molecule has 0 atom stereocenters. The van der Waals surface area contributed by atoms with Crippen LogP contribution >= 0.6 is 27.3 Å². The topological polar surface area (TPSA) is 72.2 Å². The molecule has 0 saturated heterocycles. The van der Waals surface area contributed by atoms with E-state index in [0.717, 1.165) is 20.1 Å². The summed E-state index contributed by atoms with van der Waals surface area (Å²) in [7, 11) is -3.67. The van der Waals surface area contributed by atoms with Crippen molar-refractivity contribution in [2.24, 2.45) is 0 Å². The number of rotatable bonds is 3. The summed E-state index contributed by atoms with van der Waals surface area (Å²) in [5.41, 5.74) is 7.33. The Morgan fingerprint density at radius 1 is 1.18 bits per heavy atom. The first-order chi connectivity index (χ1) is 10.4. The van der Waals surface area contributed by atoms with Crippen molar-refractivity contribution >= 4 is 58.8 Å². The van der Waals surface area contributed by atoms with E-state index in [2.05, 4.69) is 20.7 Å². The van der Waals surface area contributed by atoms with Crippen molar-refractivity contribution in [3.63, 3.8) is 0 Å². The van der Waals surface area contributed by atoms with Crippen molar-refractivity contribution < 1.29 is 8.42 Å². The molecule has 22 heavy (non-hydrogen) atoms. The van der Waals surface area contributed by atoms with E-state index in [0.29, 0.717) is 15.6 Å². The summed E-state index contributed by atoms with van der Waals surface area (Å²) < 4.78 is 30.1. The molecule has 4 nitrogen and oxygen atoms in total. The molecule has 0 aliphatic rings. The van der Waals surface area contributed by atoms with E-state index in [1.54, 1.807) is 24.3 Å². The first-order valence-corrected chi connectivity index (χ1v) is 9.54. The molecule has 1 heterocycles. The van der Waals surface area contributed by atoms with Gasteiger partial charge in [0.1, 0.15) is 4.21 Å². The Morgan fingerprint density at radius 3 is 2.64 bits per heavy atom. The molecule has 0 bridgehead atoms. The average molecular weight is 397 g/mol. The van der Waals surface area contributed by atoms with E-state index < -0.39 is 10.0 Å². The normalized spacial score (nSPS) is 11.7. The number of halogens is 1. The van der Waals surface area contributed by atoms with Gasteiger partial charge in [0, 0.05) is 9.17 Å². The fourth-order valence-electron chi connectivity index (χ4n) is 2.21. The molecule has 1 aromatic heterocycles. The predicted molar refractivity (Wildman–Crippen MR) is 95.9 cm³/mol. The molecule has 0 spiro atoms. The molecular formula is C15H13BrN2O2S2. The number of nitrogen functional groups attached to an aromatic ring is 1. The lowest BCUT2D eigenvalue weighted by Crippen LogP contribution is -2.13. The van der Waals surface area contributed by atoms with Crippen molar-refractivity contribution in [3.8, 4) is 0 Å². The Hall–Kier alpha value is -1.57. The molecule has 0 unspecified atom stereocenters. The average Bonchev–Trinajstić information content (AvgIpc) is 2.79. The third kappa shape index (κ3) is 2.71. The summed E-state index contributed by atoms with van der Waals surface area (Å²) in [4.78, 5) is 0. The molecule has 3 aromatic rings. The minimum Gasteiger partial charge on any atom is -0.397 e. The number of sulfonamides is 1. The maximum atomic E-state index is 12.7. The van der Waals surface area contributed by atoms with E-state index in [4.69, 9.17) is 5.73 Å². The Kier molecular flexibility index (Phi) is 3.88. The van der Waals surface area contributed by atoms with Crippen molar-refractivity contribution in [1.29, 1.82) is 0 Å². The molecule has 0 aliphatic heterocycles. The standard InChI is InChI=1S/C15H13BrN2O2S2/c1-9-11-8-10(16)6-7-14(11)21-15(9)22(19,20)18-13-5-3-2-4-12(13)17/h2-8,18H,17H2,1H3. The first kappa shape index (κ1) is 15.3. The van der Waals surface area contributed by atoms with Gasteiger partial charge in [-0.3, -0.25) is 4.72 Å². The summed E-state index contributed by atoms with van der Waals surface area (Å²) in [5, 5.41) is 0.931. The van der Waals surface area contributed by atoms with Gasteiger partial charge in [-0.2, -0.15) is 0 Å². The summed E-state index contributed by atoms with van der Waals surface area (Å²) in [6.07, 6.45) is 0. The quantitative estimate of drug-likeness (QED) is 0.646. The Morgan fingerprint density at radius 2 is 1.91 bits per heavy atom. The van der Waals surface area contributed by atoms with Gasteiger partial charge in [-0.1, -0.05) is 28.1 Å². The zero-order chi connectivity index (χ0) is 15.9. The van der Waals surface area contributed by atoms with Crippen LogP contribution < -0.4 is 10.5 Å². The summed E-state index contributed by atoms with van der Waals surface area (Å²) >= 11 is 4.67. The Labute approximate surface area is 141 Å². The van der Waals surface area contributed by atoms with E-state index in [1.807, 2.05) is 25.1 Å². The minimum atomic E-state index is -3.67. The molecule has 0 radical (unpaired) electrons. The summed E-state index contributed by atoms with van der Waals surface area (Å²) in [6.45, 7) is 1.81. The molecule has 2 aromatic carbocycles. The second-order valence-corrected chi connectivity index (χ2v) is 8.69. The molecule has 7 heteroatoms. The van der Waals surface area contributed by atoms with Gasteiger partial charge >= 0.3 is 0 Å². The van der Waals surface area contributed by atoms with Crippen LogP contribution in [0.15, 0.2) is 51.1 Å². The third-order valence-electron chi connectivity index (χ3n) is 3.30. The fourth-order valence-corrected chi connectivity index (χ4v) is 5.40. The van der Waals surface area contributed by atoms with Gasteiger partial charge in [-0.15, -0.1) is 11.3 Å². The number of anilines is 2. The van der Waals surface area contributed by atoms with Crippen LogP contribution in [-0.4, -0.2) is 8.42 Å². The number of nitrogens with two attached hydrogens (primary N) is 1. The number of nitrogens with one attached hydrogen (secondary N) is 1. The molecule has 114 valence electrons. The van der Waals surface area contributed by atoms with Crippen molar-refractivity contribution in [2.45, 2.75) is 11.1 Å². The Bertz CT molecular complexity index is 965. The largest absolute Gasteiger partial charge is 0.397 e. The third-order valence-corrected chi connectivity index (χ3v) is 7.06. The second-order valence-electron chi connectivity index (χ2n) is 4.85. The highest BCUT2D eigenvalue weighted by atomic mass is 79.9. The van der Waals surface area contributed by atoms with Crippen LogP contribution in [0.4, 0.5) is 11.4 Å². The first-order valence-electron chi connectivity index (χ1n) is 6.44. The van der Waals surface area contributed by atoms with Crippen LogP contribution in [0.3, 0.4) is 0 Å². The van der Waals surface area contributed by atoms with Crippen LogP contribution in [0.5, 0.6) is 0 Å². The number of aryl methyl sites for hydroxylation is 1. The number of fused-ring (bicyclic) bond motifs is 1. The molecule has 0 saturated carbocycles. The molecule has 0 amide bonds. The SMILES string of the molecule is Cc1c(S(=O)(=O)Nc2ccccc2N)sc2ccc(Br)cc12. The molecular weight excluding hydrogens is 384 g/mol. The zero-order valence-electron chi connectivity index (χ0n) is 11.6. The number of hydrogen-bond acceptors (Lipinski definition) is 4. The van der Waals surface area contributed by atoms with E-state index in [1.165, 1.54) is 11.3 Å². The van der Waals surface area contributed by atoms with Crippen LogP contribution in [-0.2, 0) is 10.0 Å². The number of benzene rings is 2. The van der Waals surface area contributed by atoms with E-state index in [-0.39, 0.29) is 0 Å². The lowest BCUT2D eigenvalue weighted by atomic mass is 10.2. The van der Waals surface area contributed by atoms with Crippen molar-refractivity contribution in [1.82, 2.24) is 0 Å². The van der Waals surface area contributed by atoms with Crippen LogP contribution in [0.2, 0.25) is 0 Å². The van der Waals surface area contributed by atoms with Crippen LogP contribution in [0, 0.1) is 6.92 Å². The fraction of sp³-hybridized carbons (Fsp3) is 0.0667. The van der Waals surface area contributed by atoms with Gasteiger partial charge in [0.2, 0.25) is 0 Å². The Balaban J connectivity index is 2.10. The van der Waals surface area contributed by atoms with Gasteiger partial charge < -0.3 is 5.73 Å². The van der Waals surface area contributed by atoms with Crippen LogP contribution in [0.1, 0.15) is 5.56 Å². The van der Waals surface area contributed by atoms with Gasteiger partial charge in [-0.05, 0) is 48.2 Å². The van der Waals surface area contributed by atoms with Gasteiger partial charge in [0.25, 0.3) is 10.0 Å². The predicted octanol–water partition coefficient (Wildman–Crippen LogP) is 4.36. The lowest BCUT2D eigenvalue weighted by molar-refractivity contribution is 0.603. The number of para-hydroxylation sites is 2. The number of thiophene rings is 1. The maximum Gasteiger partial charge on any atom is 0.271 e. The monoisotopic (exact) mass is 396 g/mol. The lowest BCUT2D eigenvalue weighted by Gasteiger charge is -2.09. The summed E-state index contributed by atoms with van der Waals surface area (Å²) in [5.74, 6) is 0. The van der Waals surface area contributed by atoms with Gasteiger partial charge in [0.15, 0.2) is 0 Å². The maximum absolute atomic E-state index is 12.7.